The molecular formula is C58H50N2. The summed E-state index contributed by atoms with van der Waals surface area (Å²) in [6.45, 7) is 9.66. The molecule has 0 atom stereocenters. The lowest BCUT2D eigenvalue weighted by molar-refractivity contribution is 0.333. The van der Waals surface area contributed by atoms with Gasteiger partial charge in [0, 0.05) is 33.8 Å². The van der Waals surface area contributed by atoms with E-state index in [4.69, 9.17) is 0 Å². The third-order valence-electron chi connectivity index (χ3n) is 12.8. The van der Waals surface area contributed by atoms with Crippen LogP contribution in [-0.4, -0.2) is 0 Å². The fourth-order valence-corrected chi connectivity index (χ4v) is 9.58. The van der Waals surface area contributed by atoms with Gasteiger partial charge in [-0.1, -0.05) is 167 Å². The molecule has 0 spiro atoms. The van der Waals surface area contributed by atoms with Crippen LogP contribution in [0.2, 0.25) is 0 Å². The molecule has 1 aliphatic carbocycles. The normalized spacial score (nSPS) is 14.1. The van der Waals surface area contributed by atoms with Gasteiger partial charge in [0.25, 0.3) is 0 Å². The number of rotatable bonds is 8. The third-order valence-corrected chi connectivity index (χ3v) is 12.8. The number of benzene rings is 9. The highest BCUT2D eigenvalue weighted by Crippen LogP contribution is 2.50. The standard InChI is InChI=1S/C58H50N2/c1-57(2)36-37-58(3,4)56-53(27-15-28-54(56)57)43-31-33-48(34-32-43)60(55-29-14-19-42-17-10-11-26-52(42)55)50-25-13-21-46(40-50)45-20-12-24-49(39-45)59(47-22-6-5-7-23-47)51-35-30-41-16-8-9-18-44(41)38-51/h5-35,38-40H,36-37H2,1-4H3. The van der Waals surface area contributed by atoms with Crippen LogP contribution in [0.25, 0.3) is 43.8 Å². The fourth-order valence-electron chi connectivity index (χ4n) is 9.58. The van der Waals surface area contributed by atoms with Gasteiger partial charge in [-0.05, 0) is 140 Å². The molecule has 292 valence electrons. The Morgan fingerprint density at radius 3 is 1.63 bits per heavy atom. The minimum absolute atomic E-state index is 0.112. The van der Waals surface area contributed by atoms with Gasteiger partial charge in [0.15, 0.2) is 0 Å². The maximum absolute atomic E-state index is 2.43. The molecule has 60 heavy (non-hydrogen) atoms. The van der Waals surface area contributed by atoms with E-state index in [9.17, 15) is 0 Å². The zero-order chi connectivity index (χ0) is 40.8. The first-order valence-corrected chi connectivity index (χ1v) is 21.3. The summed E-state index contributed by atoms with van der Waals surface area (Å²) in [6, 6.07) is 75.5. The Morgan fingerprint density at radius 2 is 0.883 bits per heavy atom. The molecule has 2 heteroatoms. The lowest BCUT2D eigenvalue weighted by Gasteiger charge is -2.43. The molecule has 0 saturated heterocycles. The second-order valence-corrected chi connectivity index (χ2v) is 17.7. The molecule has 0 heterocycles. The first-order valence-electron chi connectivity index (χ1n) is 21.3. The van der Waals surface area contributed by atoms with Crippen LogP contribution in [0.15, 0.2) is 206 Å². The van der Waals surface area contributed by atoms with E-state index in [2.05, 4.69) is 244 Å². The van der Waals surface area contributed by atoms with E-state index in [-0.39, 0.29) is 10.8 Å². The predicted octanol–water partition coefficient (Wildman–Crippen LogP) is 16.6. The van der Waals surface area contributed by atoms with Crippen LogP contribution in [0.4, 0.5) is 34.1 Å². The van der Waals surface area contributed by atoms with Crippen LogP contribution >= 0.6 is 0 Å². The molecule has 0 fully saturated rings. The Bertz CT molecular complexity index is 2990. The summed E-state index contributed by atoms with van der Waals surface area (Å²) < 4.78 is 0. The molecule has 9 aromatic carbocycles. The molecule has 0 N–H and O–H groups in total. The van der Waals surface area contributed by atoms with Crippen molar-refractivity contribution in [1.29, 1.82) is 0 Å². The third kappa shape index (κ3) is 6.82. The summed E-state index contributed by atoms with van der Waals surface area (Å²) >= 11 is 0. The van der Waals surface area contributed by atoms with E-state index in [1.165, 1.54) is 56.6 Å². The van der Waals surface area contributed by atoms with Crippen LogP contribution in [0.5, 0.6) is 0 Å². The van der Waals surface area contributed by atoms with E-state index < -0.39 is 0 Å². The number of anilines is 6. The SMILES string of the molecule is CC1(C)CCC(C)(C)c2c(-c3ccc(N(c4cccc(-c5cccc(N(c6ccccc6)c6ccc7ccccc7c6)c5)c4)c4cccc5ccccc45)cc3)cccc21. The molecule has 9 aromatic rings. The quantitative estimate of drug-likeness (QED) is 0.152. The van der Waals surface area contributed by atoms with Crippen LogP contribution in [0, 0.1) is 0 Å². The van der Waals surface area contributed by atoms with E-state index in [0.29, 0.717) is 0 Å². The largest absolute Gasteiger partial charge is 0.310 e. The summed E-state index contributed by atoms with van der Waals surface area (Å²) in [5.74, 6) is 0. The van der Waals surface area contributed by atoms with Crippen LogP contribution in [0.3, 0.4) is 0 Å². The molecule has 2 nitrogen and oxygen atoms in total. The predicted molar refractivity (Wildman–Crippen MR) is 257 cm³/mol. The van der Waals surface area contributed by atoms with Gasteiger partial charge in [-0.3, -0.25) is 0 Å². The zero-order valence-corrected chi connectivity index (χ0v) is 34.9. The second-order valence-electron chi connectivity index (χ2n) is 17.7. The number of hydrogen-bond acceptors (Lipinski definition) is 2. The molecule has 0 amide bonds. The maximum atomic E-state index is 2.43. The highest BCUT2D eigenvalue weighted by atomic mass is 15.1. The van der Waals surface area contributed by atoms with Crippen molar-refractivity contribution in [3.05, 3.63) is 217 Å². The van der Waals surface area contributed by atoms with Crippen molar-refractivity contribution in [1.82, 2.24) is 0 Å². The molecule has 0 radical (unpaired) electrons. The van der Waals surface area contributed by atoms with Crippen molar-refractivity contribution in [3.63, 3.8) is 0 Å². The van der Waals surface area contributed by atoms with E-state index >= 15 is 0 Å². The number of para-hydroxylation sites is 1. The van der Waals surface area contributed by atoms with Gasteiger partial charge in [0.1, 0.15) is 0 Å². The second kappa shape index (κ2) is 15.0. The highest BCUT2D eigenvalue weighted by Gasteiger charge is 2.38. The highest BCUT2D eigenvalue weighted by molar-refractivity contribution is 5.99. The molecular weight excluding hydrogens is 725 g/mol. The summed E-state index contributed by atoms with van der Waals surface area (Å²) in [5.41, 5.74) is 14.9. The first-order chi connectivity index (χ1) is 29.2. The van der Waals surface area contributed by atoms with Gasteiger partial charge in [0.05, 0.1) is 5.69 Å². The zero-order valence-electron chi connectivity index (χ0n) is 34.9. The van der Waals surface area contributed by atoms with E-state index in [1.807, 2.05) is 0 Å². The van der Waals surface area contributed by atoms with Gasteiger partial charge in [-0.25, -0.2) is 0 Å². The Balaban J connectivity index is 1.08. The summed E-state index contributed by atoms with van der Waals surface area (Å²) in [6.07, 6.45) is 2.39. The van der Waals surface area contributed by atoms with Gasteiger partial charge in [-0.15, -0.1) is 0 Å². The van der Waals surface area contributed by atoms with Gasteiger partial charge < -0.3 is 9.80 Å². The summed E-state index contributed by atoms with van der Waals surface area (Å²) in [5, 5.41) is 4.89. The Morgan fingerprint density at radius 1 is 0.350 bits per heavy atom. The van der Waals surface area contributed by atoms with Crippen molar-refractivity contribution in [2.24, 2.45) is 0 Å². The van der Waals surface area contributed by atoms with Crippen LogP contribution in [0.1, 0.15) is 51.7 Å². The number of fused-ring (bicyclic) bond motifs is 3. The average molecular weight is 775 g/mol. The Labute approximate surface area is 355 Å². The van der Waals surface area contributed by atoms with Gasteiger partial charge >= 0.3 is 0 Å². The minimum Gasteiger partial charge on any atom is -0.310 e. The van der Waals surface area contributed by atoms with Crippen LogP contribution < -0.4 is 9.80 Å². The molecule has 0 aliphatic heterocycles. The number of hydrogen-bond donors (Lipinski definition) is 0. The maximum Gasteiger partial charge on any atom is 0.0540 e. The molecule has 0 aromatic heterocycles. The van der Waals surface area contributed by atoms with Crippen molar-refractivity contribution >= 4 is 55.7 Å². The summed E-state index contributed by atoms with van der Waals surface area (Å²) in [7, 11) is 0. The van der Waals surface area contributed by atoms with Crippen molar-refractivity contribution < 1.29 is 0 Å². The Kier molecular flexibility index (Phi) is 9.37. The molecule has 0 saturated carbocycles. The topological polar surface area (TPSA) is 6.48 Å². The monoisotopic (exact) mass is 774 g/mol. The van der Waals surface area contributed by atoms with Gasteiger partial charge in [0.2, 0.25) is 0 Å². The minimum atomic E-state index is 0.112. The Hall–Kier alpha value is -6.90. The smallest absolute Gasteiger partial charge is 0.0540 e. The van der Waals surface area contributed by atoms with Gasteiger partial charge in [-0.2, -0.15) is 0 Å². The molecule has 0 bridgehead atoms. The lowest BCUT2D eigenvalue weighted by atomic mass is 9.61. The fraction of sp³-hybridized carbons (Fsp3) is 0.138. The lowest BCUT2D eigenvalue weighted by Crippen LogP contribution is -2.34. The van der Waals surface area contributed by atoms with Crippen molar-refractivity contribution in [2.75, 3.05) is 9.80 Å². The molecule has 10 rings (SSSR count). The summed E-state index contributed by atoms with van der Waals surface area (Å²) in [4.78, 5) is 4.79. The average Bonchev–Trinajstić information content (AvgIpc) is 3.29. The van der Waals surface area contributed by atoms with Crippen LogP contribution in [-0.2, 0) is 10.8 Å². The van der Waals surface area contributed by atoms with E-state index in [0.717, 1.165) is 45.3 Å². The van der Waals surface area contributed by atoms with Crippen molar-refractivity contribution in [3.8, 4) is 22.3 Å². The molecule has 0 unspecified atom stereocenters. The number of nitrogens with zero attached hydrogens (tertiary/aromatic N) is 2. The van der Waals surface area contributed by atoms with E-state index in [1.54, 1.807) is 0 Å². The first kappa shape index (κ1) is 37.4. The molecule has 1 aliphatic rings. The van der Waals surface area contributed by atoms with Crippen molar-refractivity contribution in [2.45, 2.75) is 51.4 Å².